The second kappa shape index (κ2) is 11.4. The maximum atomic E-state index is 7.77. The van der Waals surface area contributed by atoms with Gasteiger partial charge in [0.25, 0.3) is 0 Å². The predicted octanol–water partition coefficient (Wildman–Crippen LogP) is 2.81. The van der Waals surface area contributed by atoms with Crippen LogP contribution in [0, 0.1) is 5.41 Å². The molecular formula is C12H22Cl2N4S. The summed E-state index contributed by atoms with van der Waals surface area (Å²) in [5.41, 5.74) is 8.97. The molecule has 1 aromatic carbocycles. The topological polar surface area (TPSA) is 73.9 Å². The minimum absolute atomic E-state index is 0. The Hall–Kier alpha value is -0.460. The molecule has 0 spiro atoms. The lowest BCUT2D eigenvalue weighted by Crippen LogP contribution is -2.14. The normalized spacial score (nSPS) is 9.21. The number of halogens is 2. The number of rotatable bonds is 5. The molecule has 0 aliphatic rings. The fourth-order valence-electron chi connectivity index (χ4n) is 1.65. The van der Waals surface area contributed by atoms with Crippen molar-refractivity contribution in [3.05, 3.63) is 29.3 Å². The van der Waals surface area contributed by atoms with E-state index in [-0.39, 0.29) is 24.8 Å². The van der Waals surface area contributed by atoms with Gasteiger partial charge in [0, 0.05) is 18.8 Å². The van der Waals surface area contributed by atoms with Crippen molar-refractivity contribution in [1.82, 2.24) is 5.32 Å². The number of benzene rings is 1. The molecule has 4 nitrogen and oxygen atoms in total. The third-order valence-corrected chi connectivity index (χ3v) is 3.06. The Balaban J connectivity index is 0. The predicted molar refractivity (Wildman–Crippen MR) is 91.1 cm³/mol. The number of amidine groups is 1. The molecule has 0 amide bonds. The molecule has 0 unspecified atom stereocenters. The van der Waals surface area contributed by atoms with E-state index in [1.807, 2.05) is 26.1 Å². The molecule has 0 saturated heterocycles. The number of hydrogen-bond acceptors (Lipinski definition) is 4. The molecule has 110 valence electrons. The van der Waals surface area contributed by atoms with Gasteiger partial charge in [-0.25, -0.2) is 0 Å². The summed E-state index contributed by atoms with van der Waals surface area (Å²) >= 11 is 1.48. The summed E-state index contributed by atoms with van der Waals surface area (Å²) in [5, 5.41) is 14.4. The first-order chi connectivity index (χ1) is 8.22. The molecule has 0 bridgehead atoms. The van der Waals surface area contributed by atoms with Crippen molar-refractivity contribution in [1.29, 1.82) is 5.41 Å². The molecule has 0 aromatic heterocycles. The van der Waals surface area contributed by atoms with Gasteiger partial charge >= 0.3 is 0 Å². The fourth-order valence-corrected chi connectivity index (χ4v) is 2.12. The van der Waals surface area contributed by atoms with Gasteiger partial charge in [0.15, 0.2) is 5.17 Å². The van der Waals surface area contributed by atoms with Gasteiger partial charge in [-0.1, -0.05) is 30.8 Å². The molecule has 0 atom stereocenters. The Kier molecular flexibility index (Phi) is 12.5. The molecule has 19 heavy (non-hydrogen) atoms. The second-order valence-corrected chi connectivity index (χ2v) is 4.84. The molecular weight excluding hydrogens is 303 g/mol. The highest BCUT2D eigenvalue weighted by Crippen LogP contribution is 2.21. The van der Waals surface area contributed by atoms with E-state index >= 15 is 0 Å². The van der Waals surface area contributed by atoms with Crippen LogP contribution in [0.15, 0.2) is 18.2 Å². The number of nitrogens with one attached hydrogen (secondary N) is 3. The Labute approximate surface area is 131 Å². The maximum absolute atomic E-state index is 7.77. The van der Waals surface area contributed by atoms with Crippen LogP contribution in [0.5, 0.6) is 0 Å². The van der Waals surface area contributed by atoms with Crippen molar-refractivity contribution in [3.8, 4) is 0 Å². The van der Waals surface area contributed by atoms with E-state index in [0.717, 1.165) is 23.5 Å². The largest absolute Gasteiger partial charge is 0.335 e. The second-order valence-electron chi connectivity index (χ2n) is 3.56. The molecule has 1 aromatic rings. The summed E-state index contributed by atoms with van der Waals surface area (Å²) in [6, 6.07) is 6.00. The van der Waals surface area contributed by atoms with E-state index in [0.29, 0.717) is 11.7 Å². The van der Waals surface area contributed by atoms with Crippen molar-refractivity contribution in [2.75, 3.05) is 18.1 Å². The fraction of sp³-hybridized carbons (Fsp3) is 0.417. The molecule has 0 saturated carbocycles. The SMILES string of the molecule is CCSC(=N)Nc1cccc(CNC)c1CN.Cl.Cl. The molecule has 0 aliphatic carbocycles. The van der Waals surface area contributed by atoms with Crippen LogP contribution in [0.25, 0.3) is 0 Å². The monoisotopic (exact) mass is 324 g/mol. The Morgan fingerprint density at radius 2 is 2.05 bits per heavy atom. The smallest absolute Gasteiger partial charge is 0.158 e. The third kappa shape index (κ3) is 6.49. The molecule has 7 heteroatoms. The minimum atomic E-state index is 0. The number of nitrogens with two attached hydrogens (primary N) is 1. The molecule has 0 fully saturated rings. The van der Waals surface area contributed by atoms with Gasteiger partial charge in [-0.05, 0) is 30.0 Å². The van der Waals surface area contributed by atoms with Crippen LogP contribution in [0.4, 0.5) is 5.69 Å². The van der Waals surface area contributed by atoms with Crippen LogP contribution < -0.4 is 16.4 Å². The highest BCUT2D eigenvalue weighted by atomic mass is 35.5. The first kappa shape index (κ1) is 20.8. The van der Waals surface area contributed by atoms with E-state index in [1.165, 1.54) is 17.3 Å². The van der Waals surface area contributed by atoms with E-state index in [2.05, 4.69) is 16.7 Å². The van der Waals surface area contributed by atoms with Crippen molar-refractivity contribution >= 4 is 47.4 Å². The van der Waals surface area contributed by atoms with Gasteiger partial charge in [-0.3, -0.25) is 5.41 Å². The highest BCUT2D eigenvalue weighted by molar-refractivity contribution is 8.14. The average Bonchev–Trinajstić information content (AvgIpc) is 2.30. The third-order valence-electron chi connectivity index (χ3n) is 2.38. The zero-order valence-electron chi connectivity index (χ0n) is 11.2. The number of anilines is 1. The van der Waals surface area contributed by atoms with Crippen molar-refractivity contribution in [2.24, 2.45) is 5.73 Å². The van der Waals surface area contributed by atoms with Crippen molar-refractivity contribution in [2.45, 2.75) is 20.0 Å². The van der Waals surface area contributed by atoms with Gasteiger partial charge in [0.05, 0.1) is 0 Å². The van der Waals surface area contributed by atoms with Crippen LogP contribution in [0.2, 0.25) is 0 Å². The highest BCUT2D eigenvalue weighted by Gasteiger charge is 2.07. The van der Waals surface area contributed by atoms with Gasteiger partial charge in [0.2, 0.25) is 0 Å². The van der Waals surface area contributed by atoms with Crippen LogP contribution in [0.3, 0.4) is 0 Å². The van der Waals surface area contributed by atoms with Gasteiger partial charge in [-0.15, -0.1) is 24.8 Å². The Morgan fingerprint density at radius 1 is 1.37 bits per heavy atom. The van der Waals surface area contributed by atoms with Crippen LogP contribution in [0.1, 0.15) is 18.1 Å². The van der Waals surface area contributed by atoms with Gasteiger partial charge in [0.1, 0.15) is 0 Å². The zero-order chi connectivity index (χ0) is 12.7. The Morgan fingerprint density at radius 3 is 2.58 bits per heavy atom. The average molecular weight is 325 g/mol. The molecule has 5 N–H and O–H groups in total. The molecule has 0 aliphatic heterocycles. The quantitative estimate of drug-likeness (QED) is 0.496. The zero-order valence-corrected chi connectivity index (χ0v) is 13.6. The molecule has 1 rings (SSSR count). The maximum Gasteiger partial charge on any atom is 0.158 e. The first-order valence-corrected chi connectivity index (χ1v) is 6.65. The summed E-state index contributed by atoms with van der Waals surface area (Å²) in [5.74, 6) is 0.889. The molecule has 0 radical (unpaired) electrons. The minimum Gasteiger partial charge on any atom is -0.335 e. The summed E-state index contributed by atoms with van der Waals surface area (Å²) in [4.78, 5) is 0. The van der Waals surface area contributed by atoms with Crippen LogP contribution in [-0.4, -0.2) is 18.0 Å². The first-order valence-electron chi connectivity index (χ1n) is 5.66. The standard InChI is InChI=1S/C12H20N4S.2ClH/c1-3-17-12(14)16-11-6-4-5-9(8-15-2)10(11)7-13;;/h4-6,15H,3,7-8,13H2,1-2H3,(H2,14,16);2*1H. The summed E-state index contributed by atoms with van der Waals surface area (Å²) in [7, 11) is 1.91. The lowest BCUT2D eigenvalue weighted by molar-refractivity contribution is 0.804. The van der Waals surface area contributed by atoms with Gasteiger partial charge in [-0.2, -0.15) is 0 Å². The summed E-state index contributed by atoms with van der Waals surface area (Å²) in [6.45, 7) is 3.29. The molecule has 0 heterocycles. The van der Waals surface area contributed by atoms with Gasteiger partial charge < -0.3 is 16.4 Å². The van der Waals surface area contributed by atoms with Crippen LogP contribution in [-0.2, 0) is 13.1 Å². The Bertz CT molecular complexity index is 388. The summed E-state index contributed by atoms with van der Waals surface area (Å²) < 4.78 is 0. The van der Waals surface area contributed by atoms with E-state index in [1.54, 1.807) is 0 Å². The van der Waals surface area contributed by atoms with Crippen molar-refractivity contribution < 1.29 is 0 Å². The van der Waals surface area contributed by atoms with Crippen molar-refractivity contribution in [3.63, 3.8) is 0 Å². The van der Waals surface area contributed by atoms with E-state index < -0.39 is 0 Å². The lowest BCUT2D eigenvalue weighted by Gasteiger charge is -2.15. The van der Waals surface area contributed by atoms with Crippen LogP contribution >= 0.6 is 36.6 Å². The lowest BCUT2D eigenvalue weighted by atomic mass is 10.1. The van der Waals surface area contributed by atoms with E-state index in [4.69, 9.17) is 11.1 Å². The number of hydrogen-bond donors (Lipinski definition) is 4. The summed E-state index contributed by atoms with van der Waals surface area (Å²) in [6.07, 6.45) is 0. The number of thioether (sulfide) groups is 1. The van der Waals surface area contributed by atoms with E-state index in [9.17, 15) is 0 Å².